The minimum atomic E-state index is -1.06. The summed E-state index contributed by atoms with van der Waals surface area (Å²) in [6.07, 6.45) is -0.884. The third-order valence-corrected chi connectivity index (χ3v) is 8.27. The molecule has 0 bridgehead atoms. The Labute approximate surface area is 271 Å². The summed E-state index contributed by atoms with van der Waals surface area (Å²) in [5.74, 6) is -0.0189. The zero-order chi connectivity index (χ0) is 32.5. The van der Waals surface area contributed by atoms with Crippen LogP contribution in [0.3, 0.4) is 0 Å². The average molecular weight is 650 g/mol. The number of methoxy groups -OCH3 is 1. The van der Waals surface area contributed by atoms with Crippen molar-refractivity contribution < 1.29 is 38.1 Å². The SMILES string of the molecule is CCOC(=O)Oc1c(-c2ccc(OC)cc2OCc2ccccc2C(=O)O)c2oc3ccccc3c2n1Cc1ccc2nsnc2c1. The van der Waals surface area contributed by atoms with Crippen LogP contribution in [-0.2, 0) is 17.9 Å². The highest BCUT2D eigenvalue weighted by Crippen LogP contribution is 2.48. The van der Waals surface area contributed by atoms with Crippen LogP contribution in [0.5, 0.6) is 17.4 Å². The van der Waals surface area contributed by atoms with Gasteiger partial charge in [-0.05, 0) is 55.0 Å². The molecular weight excluding hydrogens is 622 g/mol. The van der Waals surface area contributed by atoms with Crippen molar-refractivity contribution in [2.45, 2.75) is 20.1 Å². The molecule has 0 aliphatic heterocycles. The van der Waals surface area contributed by atoms with Crippen LogP contribution in [0.2, 0.25) is 0 Å². The number of fused-ring (bicyclic) bond motifs is 4. The smallest absolute Gasteiger partial charge is 0.497 e. The molecule has 0 amide bonds. The van der Waals surface area contributed by atoms with E-state index in [0.29, 0.717) is 51.4 Å². The molecule has 11 nitrogen and oxygen atoms in total. The van der Waals surface area contributed by atoms with Crippen LogP contribution in [0.15, 0.2) is 89.3 Å². The predicted molar refractivity (Wildman–Crippen MR) is 176 cm³/mol. The van der Waals surface area contributed by atoms with Gasteiger partial charge in [0.25, 0.3) is 0 Å². The molecule has 12 heteroatoms. The van der Waals surface area contributed by atoms with Crippen molar-refractivity contribution in [2.24, 2.45) is 0 Å². The van der Waals surface area contributed by atoms with Crippen molar-refractivity contribution in [3.63, 3.8) is 0 Å². The van der Waals surface area contributed by atoms with Gasteiger partial charge in [0.05, 0.1) is 48.6 Å². The zero-order valence-electron chi connectivity index (χ0n) is 25.3. The number of carboxylic acid groups (broad SMARTS) is 1. The van der Waals surface area contributed by atoms with Crippen LogP contribution in [0.1, 0.15) is 28.4 Å². The molecule has 0 aliphatic rings. The van der Waals surface area contributed by atoms with Crippen molar-refractivity contribution in [1.82, 2.24) is 13.3 Å². The summed E-state index contributed by atoms with van der Waals surface area (Å²) >= 11 is 1.14. The molecule has 0 unspecified atom stereocenters. The molecule has 7 rings (SSSR count). The molecule has 0 saturated carbocycles. The first-order valence-corrected chi connectivity index (χ1v) is 15.4. The van der Waals surface area contributed by atoms with Gasteiger partial charge in [-0.15, -0.1) is 0 Å². The van der Waals surface area contributed by atoms with Gasteiger partial charge in [0.1, 0.15) is 34.7 Å². The Morgan fingerprint density at radius 3 is 2.60 bits per heavy atom. The highest BCUT2D eigenvalue weighted by Gasteiger charge is 2.30. The minimum Gasteiger partial charge on any atom is -0.497 e. The molecule has 0 saturated heterocycles. The van der Waals surface area contributed by atoms with Crippen molar-refractivity contribution in [3.8, 4) is 28.5 Å². The Kier molecular flexibility index (Phi) is 7.92. The maximum atomic E-state index is 13.0. The third kappa shape index (κ3) is 5.59. The fraction of sp³-hybridized carbons (Fsp3) is 0.143. The fourth-order valence-corrected chi connectivity index (χ4v) is 6.12. The lowest BCUT2D eigenvalue weighted by Gasteiger charge is -2.16. The largest absolute Gasteiger partial charge is 0.515 e. The second-order valence-electron chi connectivity index (χ2n) is 10.5. The summed E-state index contributed by atoms with van der Waals surface area (Å²) in [5.41, 5.74) is 5.82. The number of aromatic nitrogens is 3. The standard InChI is InChI=1S/C35H27N3O8S/c1-3-43-35(41)46-33-30(24-14-13-22(42-2)17-29(24)44-19-21-8-4-5-9-23(21)34(39)40)32-31(25-10-6-7-11-28(25)45-32)38(33)18-20-12-15-26-27(16-20)37-47-36-26/h4-17H,3,18-19H2,1-2H3,(H,39,40). The first-order chi connectivity index (χ1) is 22.9. The van der Waals surface area contributed by atoms with Crippen molar-refractivity contribution in [2.75, 3.05) is 13.7 Å². The van der Waals surface area contributed by atoms with Gasteiger partial charge in [0.2, 0.25) is 5.88 Å². The number of para-hydroxylation sites is 1. The lowest BCUT2D eigenvalue weighted by Crippen LogP contribution is -2.14. The number of aromatic carboxylic acids is 1. The molecule has 4 aromatic carbocycles. The molecule has 0 spiro atoms. The Morgan fingerprint density at radius 2 is 1.77 bits per heavy atom. The maximum Gasteiger partial charge on any atom is 0.515 e. The number of nitrogens with zero attached hydrogens (tertiary/aromatic N) is 3. The molecule has 3 heterocycles. The fourth-order valence-electron chi connectivity index (χ4n) is 5.60. The maximum absolute atomic E-state index is 13.0. The van der Waals surface area contributed by atoms with E-state index in [1.807, 2.05) is 47.0 Å². The molecule has 3 aromatic heterocycles. The first kappa shape index (κ1) is 29.8. The molecular formula is C35H27N3O8S. The second kappa shape index (κ2) is 12.5. The van der Waals surface area contributed by atoms with Gasteiger partial charge in [-0.1, -0.05) is 36.4 Å². The van der Waals surface area contributed by atoms with E-state index in [1.54, 1.807) is 43.3 Å². The van der Waals surface area contributed by atoms with Gasteiger partial charge >= 0.3 is 12.1 Å². The summed E-state index contributed by atoms with van der Waals surface area (Å²) in [7, 11) is 1.54. The monoisotopic (exact) mass is 649 g/mol. The quantitative estimate of drug-likeness (QED) is 0.146. The Bertz CT molecular complexity index is 2290. The molecule has 236 valence electrons. The summed E-state index contributed by atoms with van der Waals surface area (Å²) < 4.78 is 40.1. The number of carboxylic acids is 1. The summed E-state index contributed by atoms with van der Waals surface area (Å²) in [5, 5.41) is 10.6. The van der Waals surface area contributed by atoms with Crippen LogP contribution < -0.4 is 14.2 Å². The topological polar surface area (TPSA) is 135 Å². The van der Waals surface area contributed by atoms with E-state index in [2.05, 4.69) is 8.75 Å². The van der Waals surface area contributed by atoms with Crippen LogP contribution in [-0.4, -0.2) is 44.3 Å². The number of benzene rings is 4. The number of hydrogen-bond acceptors (Lipinski definition) is 10. The minimum absolute atomic E-state index is 0.0532. The second-order valence-corrected chi connectivity index (χ2v) is 11.1. The van der Waals surface area contributed by atoms with E-state index in [1.165, 1.54) is 13.2 Å². The molecule has 1 N–H and O–H groups in total. The number of carbonyl (C=O) groups is 2. The van der Waals surface area contributed by atoms with Crippen LogP contribution >= 0.6 is 11.7 Å². The summed E-state index contributed by atoms with van der Waals surface area (Å²) in [4.78, 5) is 24.9. The van der Waals surface area contributed by atoms with Gasteiger partial charge in [-0.3, -0.25) is 0 Å². The number of carbonyl (C=O) groups excluding carboxylic acids is 1. The lowest BCUT2D eigenvalue weighted by atomic mass is 10.1. The van der Waals surface area contributed by atoms with E-state index < -0.39 is 12.1 Å². The predicted octanol–water partition coefficient (Wildman–Crippen LogP) is 7.93. The van der Waals surface area contributed by atoms with Gasteiger partial charge in [0.15, 0.2) is 5.58 Å². The Hall–Kier alpha value is -5.88. The Morgan fingerprint density at radius 1 is 0.957 bits per heavy atom. The molecule has 0 aliphatic carbocycles. The van der Waals surface area contributed by atoms with E-state index in [4.69, 9.17) is 23.4 Å². The van der Waals surface area contributed by atoms with Crippen LogP contribution in [0.25, 0.3) is 44.2 Å². The van der Waals surface area contributed by atoms with E-state index in [9.17, 15) is 14.7 Å². The van der Waals surface area contributed by atoms with Gasteiger partial charge < -0.3 is 33.0 Å². The number of furan rings is 1. The van der Waals surface area contributed by atoms with Gasteiger partial charge in [0, 0.05) is 22.6 Å². The number of hydrogen-bond donors (Lipinski definition) is 1. The van der Waals surface area contributed by atoms with Crippen LogP contribution in [0.4, 0.5) is 4.79 Å². The normalized spacial score (nSPS) is 11.3. The van der Waals surface area contributed by atoms with Crippen LogP contribution in [0, 0.1) is 0 Å². The molecule has 0 radical (unpaired) electrons. The van der Waals surface area contributed by atoms with Crippen molar-refractivity contribution in [3.05, 3.63) is 102 Å². The highest BCUT2D eigenvalue weighted by molar-refractivity contribution is 7.00. The number of ether oxygens (including phenoxy) is 4. The molecule has 0 fully saturated rings. The van der Waals surface area contributed by atoms with E-state index >= 15 is 0 Å². The number of rotatable bonds is 10. The first-order valence-electron chi connectivity index (χ1n) is 14.7. The van der Waals surface area contributed by atoms with Crippen molar-refractivity contribution >= 4 is 57.0 Å². The highest BCUT2D eigenvalue weighted by atomic mass is 32.1. The average Bonchev–Trinajstić information content (AvgIpc) is 3.77. The van der Waals surface area contributed by atoms with E-state index in [-0.39, 0.29) is 24.7 Å². The molecule has 47 heavy (non-hydrogen) atoms. The van der Waals surface area contributed by atoms with Gasteiger partial charge in [-0.25, -0.2) is 9.59 Å². The Balaban J connectivity index is 1.45. The van der Waals surface area contributed by atoms with Gasteiger partial charge in [-0.2, -0.15) is 8.75 Å². The summed E-state index contributed by atoms with van der Waals surface area (Å²) in [6, 6.07) is 25.3. The summed E-state index contributed by atoms with van der Waals surface area (Å²) in [6.45, 7) is 2.05. The molecule has 0 atom stereocenters. The van der Waals surface area contributed by atoms with E-state index in [0.717, 1.165) is 33.7 Å². The van der Waals surface area contributed by atoms with Crippen molar-refractivity contribution in [1.29, 1.82) is 0 Å². The third-order valence-electron chi connectivity index (χ3n) is 7.72. The molecule has 7 aromatic rings. The zero-order valence-corrected chi connectivity index (χ0v) is 26.1. The lowest BCUT2D eigenvalue weighted by molar-refractivity contribution is 0.0693.